The Morgan fingerprint density at radius 3 is 2.91 bits per heavy atom. The number of benzene rings is 1. The SMILES string of the molecule is CS(=O)(=O)N1CCC[C@H](C(=O)NC[C@@H]2Cc3ccccc3O2)C1. The van der Waals surface area contributed by atoms with E-state index in [1.165, 1.54) is 10.6 Å². The highest BCUT2D eigenvalue weighted by Gasteiger charge is 2.31. The summed E-state index contributed by atoms with van der Waals surface area (Å²) in [5, 5.41) is 2.92. The fraction of sp³-hybridized carbons (Fsp3) is 0.562. The van der Waals surface area contributed by atoms with Crippen LogP contribution in [0.15, 0.2) is 24.3 Å². The number of piperidine rings is 1. The average Bonchev–Trinajstić information content (AvgIpc) is 2.95. The molecule has 0 aliphatic carbocycles. The lowest BCUT2D eigenvalue weighted by molar-refractivity contribution is -0.126. The topological polar surface area (TPSA) is 75.7 Å². The Bertz CT molecular complexity index is 664. The first-order valence-corrected chi connectivity index (χ1v) is 9.75. The minimum absolute atomic E-state index is 0.0500. The van der Waals surface area contributed by atoms with Gasteiger partial charge in [-0.25, -0.2) is 12.7 Å². The van der Waals surface area contributed by atoms with E-state index in [0.29, 0.717) is 13.1 Å². The van der Waals surface area contributed by atoms with E-state index in [4.69, 9.17) is 4.74 Å². The highest BCUT2D eigenvalue weighted by molar-refractivity contribution is 7.88. The third-order valence-corrected chi connectivity index (χ3v) is 5.71. The molecule has 2 heterocycles. The van der Waals surface area contributed by atoms with E-state index in [1.807, 2.05) is 24.3 Å². The summed E-state index contributed by atoms with van der Waals surface area (Å²) in [4.78, 5) is 12.3. The molecule has 0 radical (unpaired) electrons. The second-order valence-corrected chi connectivity index (χ2v) is 8.24. The number of carbonyl (C=O) groups excluding carboxylic acids is 1. The normalized spacial score (nSPS) is 24.7. The van der Waals surface area contributed by atoms with Crippen molar-refractivity contribution in [1.29, 1.82) is 0 Å². The van der Waals surface area contributed by atoms with Crippen molar-refractivity contribution in [2.24, 2.45) is 5.92 Å². The molecule has 0 spiro atoms. The van der Waals surface area contributed by atoms with E-state index in [1.54, 1.807) is 0 Å². The number of amides is 1. The molecule has 0 unspecified atom stereocenters. The summed E-state index contributed by atoms with van der Waals surface area (Å²) in [7, 11) is -3.23. The number of ether oxygens (including phenoxy) is 1. The molecule has 7 heteroatoms. The van der Waals surface area contributed by atoms with E-state index in [0.717, 1.165) is 30.6 Å². The zero-order valence-electron chi connectivity index (χ0n) is 13.2. The van der Waals surface area contributed by atoms with Crippen molar-refractivity contribution in [2.75, 3.05) is 25.9 Å². The van der Waals surface area contributed by atoms with Gasteiger partial charge in [0.1, 0.15) is 11.9 Å². The molecule has 6 nitrogen and oxygen atoms in total. The molecule has 0 saturated carbocycles. The second-order valence-electron chi connectivity index (χ2n) is 6.26. The van der Waals surface area contributed by atoms with Gasteiger partial charge in [-0.2, -0.15) is 0 Å². The van der Waals surface area contributed by atoms with Crippen LogP contribution >= 0.6 is 0 Å². The van der Waals surface area contributed by atoms with Crippen molar-refractivity contribution in [3.63, 3.8) is 0 Å². The summed E-state index contributed by atoms with van der Waals surface area (Å²) in [6.07, 6.45) is 3.37. The number of hydrogen-bond acceptors (Lipinski definition) is 4. The Kier molecular flexibility index (Phi) is 4.59. The third-order valence-electron chi connectivity index (χ3n) is 4.44. The molecule has 1 aromatic rings. The molecule has 1 saturated heterocycles. The predicted octanol–water partition coefficient (Wildman–Crippen LogP) is 0.778. The molecule has 23 heavy (non-hydrogen) atoms. The molecule has 126 valence electrons. The summed E-state index contributed by atoms with van der Waals surface area (Å²) in [5.41, 5.74) is 1.16. The van der Waals surface area contributed by atoms with Gasteiger partial charge >= 0.3 is 0 Å². The van der Waals surface area contributed by atoms with Crippen LogP contribution in [0, 0.1) is 5.92 Å². The van der Waals surface area contributed by atoms with Crippen LogP contribution in [0.2, 0.25) is 0 Å². The van der Waals surface area contributed by atoms with Crippen LogP contribution < -0.4 is 10.1 Å². The van der Waals surface area contributed by atoms with Gasteiger partial charge in [0.15, 0.2) is 0 Å². The summed E-state index contributed by atoms with van der Waals surface area (Å²) in [6, 6.07) is 7.87. The third kappa shape index (κ3) is 3.84. The fourth-order valence-electron chi connectivity index (χ4n) is 3.18. The first-order valence-electron chi connectivity index (χ1n) is 7.91. The summed E-state index contributed by atoms with van der Waals surface area (Å²) in [6.45, 7) is 1.23. The van der Waals surface area contributed by atoms with Gasteiger partial charge in [-0.15, -0.1) is 0 Å². The maximum atomic E-state index is 12.3. The van der Waals surface area contributed by atoms with Crippen molar-refractivity contribution in [2.45, 2.75) is 25.4 Å². The number of nitrogens with zero attached hydrogens (tertiary/aromatic N) is 1. The fourth-order valence-corrected chi connectivity index (χ4v) is 4.10. The van der Waals surface area contributed by atoms with Crippen molar-refractivity contribution in [3.05, 3.63) is 29.8 Å². The lowest BCUT2D eigenvalue weighted by atomic mass is 9.98. The lowest BCUT2D eigenvalue weighted by Crippen LogP contribution is -2.46. The highest BCUT2D eigenvalue weighted by atomic mass is 32.2. The van der Waals surface area contributed by atoms with Gasteiger partial charge in [-0.05, 0) is 24.5 Å². The zero-order valence-corrected chi connectivity index (χ0v) is 14.0. The number of fused-ring (bicyclic) bond motifs is 1. The van der Waals surface area contributed by atoms with Gasteiger partial charge in [0.25, 0.3) is 0 Å². The molecule has 1 amide bonds. The highest BCUT2D eigenvalue weighted by Crippen LogP contribution is 2.27. The average molecular weight is 338 g/mol. The van der Waals surface area contributed by atoms with Crippen LogP contribution in [0.25, 0.3) is 0 Å². The number of rotatable bonds is 4. The van der Waals surface area contributed by atoms with Crippen LogP contribution in [-0.4, -0.2) is 50.6 Å². The number of nitrogens with one attached hydrogen (secondary N) is 1. The molecule has 0 aromatic heterocycles. The van der Waals surface area contributed by atoms with Gasteiger partial charge in [0.05, 0.1) is 18.7 Å². The lowest BCUT2D eigenvalue weighted by Gasteiger charge is -2.30. The number of hydrogen-bond donors (Lipinski definition) is 1. The molecule has 3 rings (SSSR count). The van der Waals surface area contributed by atoms with Gasteiger partial charge in [-0.1, -0.05) is 18.2 Å². The molecule has 0 bridgehead atoms. The van der Waals surface area contributed by atoms with Crippen LogP contribution in [0.1, 0.15) is 18.4 Å². The molecular weight excluding hydrogens is 316 g/mol. The van der Waals surface area contributed by atoms with Crippen molar-refractivity contribution >= 4 is 15.9 Å². The number of sulfonamides is 1. The Morgan fingerprint density at radius 2 is 2.17 bits per heavy atom. The summed E-state index contributed by atoms with van der Waals surface area (Å²) >= 11 is 0. The van der Waals surface area contributed by atoms with E-state index in [-0.39, 0.29) is 24.5 Å². The Balaban J connectivity index is 1.50. The molecule has 1 fully saturated rings. The van der Waals surface area contributed by atoms with Crippen LogP contribution in [-0.2, 0) is 21.2 Å². The van der Waals surface area contributed by atoms with E-state index < -0.39 is 10.0 Å². The van der Waals surface area contributed by atoms with Gasteiger partial charge in [0.2, 0.25) is 15.9 Å². The Labute approximate surface area is 136 Å². The quantitative estimate of drug-likeness (QED) is 0.880. The van der Waals surface area contributed by atoms with Crippen LogP contribution in [0.5, 0.6) is 5.75 Å². The molecule has 1 N–H and O–H groups in total. The molecule has 2 aliphatic rings. The largest absolute Gasteiger partial charge is 0.488 e. The Hall–Kier alpha value is -1.60. The van der Waals surface area contributed by atoms with Gasteiger partial charge in [-0.3, -0.25) is 4.79 Å². The molecule has 2 aliphatic heterocycles. The second kappa shape index (κ2) is 6.49. The summed E-state index contributed by atoms with van der Waals surface area (Å²) in [5.74, 6) is 0.521. The minimum atomic E-state index is -3.23. The van der Waals surface area contributed by atoms with Crippen molar-refractivity contribution in [3.8, 4) is 5.75 Å². The molecular formula is C16H22N2O4S. The molecule has 2 atom stereocenters. The number of carbonyl (C=O) groups is 1. The van der Waals surface area contributed by atoms with Crippen molar-refractivity contribution < 1.29 is 17.9 Å². The first kappa shape index (κ1) is 16.3. The van der Waals surface area contributed by atoms with Gasteiger partial charge < -0.3 is 10.1 Å². The van der Waals surface area contributed by atoms with E-state index in [2.05, 4.69) is 5.32 Å². The van der Waals surface area contributed by atoms with E-state index >= 15 is 0 Å². The monoisotopic (exact) mass is 338 g/mol. The summed E-state index contributed by atoms with van der Waals surface area (Å²) < 4.78 is 30.4. The zero-order chi connectivity index (χ0) is 16.4. The Morgan fingerprint density at radius 1 is 1.39 bits per heavy atom. The number of para-hydroxylation sites is 1. The van der Waals surface area contributed by atoms with Crippen LogP contribution in [0.3, 0.4) is 0 Å². The standard InChI is InChI=1S/C16H22N2O4S/c1-23(20,21)18-8-4-6-13(11-18)16(19)17-10-14-9-12-5-2-3-7-15(12)22-14/h2-3,5,7,13-14H,4,6,8-11H2,1H3,(H,17,19)/t13-,14-/m0/s1. The smallest absolute Gasteiger partial charge is 0.224 e. The molecule has 1 aromatic carbocycles. The maximum absolute atomic E-state index is 12.3. The predicted molar refractivity (Wildman–Crippen MR) is 86.7 cm³/mol. The van der Waals surface area contributed by atoms with Crippen LogP contribution in [0.4, 0.5) is 0 Å². The maximum Gasteiger partial charge on any atom is 0.224 e. The van der Waals surface area contributed by atoms with Gasteiger partial charge in [0, 0.05) is 19.5 Å². The minimum Gasteiger partial charge on any atom is -0.488 e. The van der Waals surface area contributed by atoms with Crippen molar-refractivity contribution in [1.82, 2.24) is 9.62 Å². The van der Waals surface area contributed by atoms with E-state index in [9.17, 15) is 13.2 Å². The first-order chi connectivity index (χ1) is 10.9.